The monoisotopic (exact) mass is 589 g/mol. The molecule has 42 heavy (non-hydrogen) atoms. The standard InChI is InChI=1S/C33H33ClFN3O4/c1-32(26-7-6-24(34)16-27(26)35)41-29-4-2-3-25(31(29)42-32)22-9-13-38(14-10-22)19-28-23(17-33(20-36)11-12-33)15-21(18-37-28)5-8-30(39)40/h2-4,6-7,15-16,18,22H,5,8-14,17,19H2,1H3,(H,39,40)/t32-/m0/s1. The second kappa shape index (κ2) is 11.2. The Morgan fingerprint density at radius 3 is 2.69 bits per heavy atom. The molecule has 0 radical (unpaired) electrons. The molecular formula is C33H33ClFN3O4. The molecule has 0 bridgehead atoms. The van der Waals surface area contributed by atoms with Crippen molar-refractivity contribution in [3.05, 3.63) is 87.4 Å². The van der Waals surface area contributed by atoms with E-state index >= 15 is 0 Å². The minimum atomic E-state index is -1.28. The Balaban J connectivity index is 1.14. The van der Waals surface area contributed by atoms with E-state index in [-0.39, 0.29) is 17.8 Å². The van der Waals surface area contributed by atoms with Gasteiger partial charge in [-0.3, -0.25) is 14.7 Å². The Morgan fingerprint density at radius 1 is 1.21 bits per heavy atom. The molecule has 0 amide bonds. The summed E-state index contributed by atoms with van der Waals surface area (Å²) in [6.07, 6.45) is 6.55. The van der Waals surface area contributed by atoms with Crippen molar-refractivity contribution in [2.45, 2.75) is 70.1 Å². The topological polar surface area (TPSA) is 95.7 Å². The van der Waals surface area contributed by atoms with Crippen molar-refractivity contribution in [2.24, 2.45) is 5.41 Å². The number of benzene rings is 2. The van der Waals surface area contributed by atoms with E-state index in [1.54, 1.807) is 25.3 Å². The van der Waals surface area contributed by atoms with Gasteiger partial charge in [-0.2, -0.15) is 5.26 Å². The van der Waals surface area contributed by atoms with Crippen molar-refractivity contribution in [3.8, 4) is 17.6 Å². The Hall–Kier alpha value is -3.67. The molecule has 2 fully saturated rings. The zero-order valence-corrected chi connectivity index (χ0v) is 24.3. The van der Waals surface area contributed by atoms with E-state index in [0.29, 0.717) is 41.5 Å². The highest BCUT2D eigenvalue weighted by Crippen LogP contribution is 2.50. The number of rotatable bonds is 9. The zero-order chi connectivity index (χ0) is 29.5. The van der Waals surface area contributed by atoms with Crippen LogP contribution >= 0.6 is 11.6 Å². The molecule has 3 aliphatic rings. The van der Waals surface area contributed by atoms with Gasteiger partial charge >= 0.3 is 5.97 Å². The molecule has 0 spiro atoms. The number of para-hydroxylation sites is 1. The molecule has 6 rings (SSSR count). The highest BCUT2D eigenvalue weighted by atomic mass is 35.5. The molecule has 3 heterocycles. The average Bonchev–Trinajstić information content (AvgIpc) is 3.65. The van der Waals surface area contributed by atoms with E-state index in [2.05, 4.69) is 23.1 Å². The summed E-state index contributed by atoms with van der Waals surface area (Å²) in [5.41, 5.74) is 3.97. The lowest BCUT2D eigenvalue weighted by Crippen LogP contribution is -2.34. The average molecular weight is 590 g/mol. The third-order valence-corrected chi connectivity index (χ3v) is 9.03. The third kappa shape index (κ3) is 5.81. The molecule has 2 aromatic carbocycles. The fourth-order valence-corrected chi connectivity index (χ4v) is 6.32. The van der Waals surface area contributed by atoms with Crippen molar-refractivity contribution in [3.63, 3.8) is 0 Å². The molecule has 1 N–H and O–H groups in total. The number of aromatic nitrogens is 1. The summed E-state index contributed by atoms with van der Waals surface area (Å²) in [5, 5.41) is 19.1. The Kier molecular flexibility index (Phi) is 7.59. The van der Waals surface area contributed by atoms with Crippen LogP contribution in [-0.2, 0) is 30.0 Å². The number of pyridine rings is 1. The number of carboxylic acids is 1. The van der Waals surface area contributed by atoms with Gasteiger partial charge < -0.3 is 14.6 Å². The summed E-state index contributed by atoms with van der Waals surface area (Å²) in [7, 11) is 0. The molecule has 1 saturated heterocycles. The van der Waals surface area contributed by atoms with Crippen LogP contribution < -0.4 is 9.47 Å². The molecule has 1 atom stereocenters. The van der Waals surface area contributed by atoms with Crippen LogP contribution in [0.25, 0.3) is 0 Å². The number of ether oxygens (including phenoxy) is 2. The predicted octanol–water partition coefficient (Wildman–Crippen LogP) is 6.76. The van der Waals surface area contributed by atoms with Gasteiger partial charge in [0.1, 0.15) is 5.82 Å². The molecule has 0 unspecified atom stereocenters. The number of carboxylic acid groups (broad SMARTS) is 1. The third-order valence-electron chi connectivity index (χ3n) is 8.80. The van der Waals surface area contributed by atoms with Crippen LogP contribution in [0, 0.1) is 22.6 Å². The number of hydrogen-bond acceptors (Lipinski definition) is 6. The number of carbonyl (C=O) groups is 1. The van der Waals surface area contributed by atoms with E-state index in [0.717, 1.165) is 61.2 Å². The van der Waals surface area contributed by atoms with Crippen molar-refractivity contribution < 1.29 is 23.8 Å². The fourth-order valence-electron chi connectivity index (χ4n) is 6.17. The number of piperidine rings is 1. The second-order valence-electron chi connectivity index (χ2n) is 11.9. The largest absolute Gasteiger partial charge is 0.481 e. The summed E-state index contributed by atoms with van der Waals surface area (Å²) in [4.78, 5) is 18.2. The number of hydrogen-bond donors (Lipinski definition) is 1. The lowest BCUT2D eigenvalue weighted by atomic mass is 9.88. The Bertz CT molecular complexity index is 1560. The lowest BCUT2D eigenvalue weighted by Gasteiger charge is -2.33. The number of aryl methyl sites for hydroxylation is 1. The van der Waals surface area contributed by atoms with Crippen molar-refractivity contribution in [2.75, 3.05) is 13.1 Å². The number of halogens is 2. The van der Waals surface area contributed by atoms with E-state index in [1.165, 1.54) is 6.07 Å². The predicted molar refractivity (Wildman–Crippen MR) is 155 cm³/mol. The zero-order valence-electron chi connectivity index (χ0n) is 23.5. The normalized spacial score (nSPS) is 21.2. The quantitative estimate of drug-likeness (QED) is 0.294. The number of nitriles is 1. The van der Waals surface area contributed by atoms with Gasteiger partial charge in [0, 0.05) is 36.7 Å². The first-order chi connectivity index (χ1) is 20.2. The molecule has 218 valence electrons. The Labute approximate surface area is 249 Å². The van der Waals surface area contributed by atoms with Gasteiger partial charge in [0.15, 0.2) is 11.5 Å². The molecule has 2 aliphatic heterocycles. The molecule has 1 aliphatic carbocycles. The van der Waals surface area contributed by atoms with Gasteiger partial charge in [-0.15, -0.1) is 0 Å². The molecule has 1 saturated carbocycles. The number of nitrogens with zero attached hydrogens (tertiary/aromatic N) is 3. The first-order valence-corrected chi connectivity index (χ1v) is 14.8. The van der Waals surface area contributed by atoms with Gasteiger partial charge in [0.05, 0.1) is 22.7 Å². The molecule has 7 nitrogen and oxygen atoms in total. The maximum Gasteiger partial charge on any atom is 0.303 e. The number of likely N-dealkylation sites (tertiary alicyclic amines) is 1. The number of aliphatic carboxylic acids is 1. The van der Waals surface area contributed by atoms with Crippen LogP contribution in [0.15, 0.2) is 48.7 Å². The van der Waals surface area contributed by atoms with Gasteiger partial charge in [0.2, 0.25) is 0 Å². The van der Waals surface area contributed by atoms with E-state index in [4.69, 9.17) is 31.2 Å². The van der Waals surface area contributed by atoms with E-state index in [1.807, 2.05) is 12.1 Å². The maximum atomic E-state index is 14.8. The van der Waals surface area contributed by atoms with Gasteiger partial charge in [0.25, 0.3) is 5.79 Å². The van der Waals surface area contributed by atoms with Crippen LogP contribution in [0.3, 0.4) is 0 Å². The van der Waals surface area contributed by atoms with Crippen LogP contribution in [0.4, 0.5) is 4.39 Å². The molecular weight excluding hydrogens is 557 g/mol. The van der Waals surface area contributed by atoms with Gasteiger partial charge in [-0.1, -0.05) is 29.8 Å². The van der Waals surface area contributed by atoms with Gasteiger partial charge in [-0.25, -0.2) is 4.39 Å². The number of fused-ring (bicyclic) bond motifs is 1. The SMILES string of the molecule is C[C@]1(c2ccc(Cl)cc2F)Oc2cccc(C3CCN(Cc4ncc(CCC(=O)O)cc4CC4(C#N)CC4)CC3)c2O1. The fraction of sp³-hybridized carbons (Fsp3) is 0.424. The van der Waals surface area contributed by atoms with Crippen LogP contribution in [0.2, 0.25) is 5.02 Å². The Morgan fingerprint density at radius 2 is 2.00 bits per heavy atom. The molecule has 3 aromatic rings. The van der Waals surface area contributed by atoms with Crippen molar-refractivity contribution in [1.82, 2.24) is 9.88 Å². The van der Waals surface area contributed by atoms with E-state index < -0.39 is 17.6 Å². The summed E-state index contributed by atoms with van der Waals surface area (Å²) >= 11 is 5.96. The first kappa shape index (κ1) is 28.4. The minimum Gasteiger partial charge on any atom is -0.481 e. The summed E-state index contributed by atoms with van der Waals surface area (Å²) in [6.45, 7) is 4.14. The lowest BCUT2D eigenvalue weighted by molar-refractivity contribution is -0.136. The van der Waals surface area contributed by atoms with E-state index in [9.17, 15) is 14.4 Å². The molecule has 1 aromatic heterocycles. The highest BCUT2D eigenvalue weighted by Gasteiger charge is 2.44. The summed E-state index contributed by atoms with van der Waals surface area (Å²) in [5.74, 6) is -1.05. The maximum absolute atomic E-state index is 14.8. The second-order valence-corrected chi connectivity index (χ2v) is 12.3. The van der Waals surface area contributed by atoms with Crippen LogP contribution in [-0.4, -0.2) is 34.0 Å². The summed E-state index contributed by atoms with van der Waals surface area (Å²) in [6, 6.07) is 14.9. The van der Waals surface area contributed by atoms with Crippen molar-refractivity contribution in [1.29, 1.82) is 5.26 Å². The minimum absolute atomic E-state index is 0.0586. The van der Waals surface area contributed by atoms with Crippen molar-refractivity contribution >= 4 is 17.6 Å². The molecule has 9 heteroatoms. The smallest absolute Gasteiger partial charge is 0.303 e. The van der Waals surface area contributed by atoms with Crippen LogP contribution in [0.5, 0.6) is 11.5 Å². The van der Waals surface area contributed by atoms with Gasteiger partial charge in [-0.05, 0) is 92.9 Å². The van der Waals surface area contributed by atoms with Crippen LogP contribution in [0.1, 0.15) is 72.9 Å². The first-order valence-electron chi connectivity index (χ1n) is 14.5. The summed E-state index contributed by atoms with van der Waals surface area (Å²) < 4.78 is 27.3. The highest BCUT2D eigenvalue weighted by molar-refractivity contribution is 6.30.